The highest BCUT2D eigenvalue weighted by atomic mass is 16.2. The summed E-state index contributed by atoms with van der Waals surface area (Å²) in [5.41, 5.74) is 2.29. The van der Waals surface area contributed by atoms with Crippen LogP contribution in [0.2, 0.25) is 0 Å². The fourth-order valence-corrected chi connectivity index (χ4v) is 4.15. The van der Waals surface area contributed by atoms with Gasteiger partial charge in [0.2, 0.25) is 5.91 Å². The lowest BCUT2D eigenvalue weighted by molar-refractivity contribution is -0.129. The highest BCUT2D eigenvalue weighted by Crippen LogP contribution is 2.30. The second-order valence-electron chi connectivity index (χ2n) is 9.07. The molecule has 3 aromatic rings. The highest BCUT2D eigenvalue weighted by Gasteiger charge is 2.33. The normalized spacial score (nSPS) is 16.0. The topological polar surface area (TPSA) is 82.5 Å². The van der Waals surface area contributed by atoms with Gasteiger partial charge < -0.3 is 14.7 Å². The minimum Gasteiger partial charge on any atom is -0.363 e. The van der Waals surface area contributed by atoms with Crippen LogP contribution in [0.15, 0.2) is 42.6 Å². The molecule has 2 aromatic heterocycles. The molecule has 172 valence electrons. The molecule has 0 aliphatic carbocycles. The fraction of sp³-hybridized carbons (Fsp3) is 0.400. The van der Waals surface area contributed by atoms with Gasteiger partial charge in [-0.1, -0.05) is 6.07 Å². The number of carbonyl (C=O) groups is 2. The Bertz CT molecular complexity index is 1190. The zero-order valence-corrected chi connectivity index (χ0v) is 19.8. The Morgan fingerprint density at radius 2 is 1.94 bits per heavy atom. The van der Waals surface area contributed by atoms with Gasteiger partial charge in [-0.25, -0.2) is 9.97 Å². The highest BCUT2D eigenvalue weighted by molar-refractivity contribution is 5.97. The SMILES string of the molecule is CC(C)N1CC(c2cc(N(C)C)nc(CN(C)C(=O)c3ccc4ncccc4c3)n2)CC1=O. The zero-order valence-electron chi connectivity index (χ0n) is 19.8. The van der Waals surface area contributed by atoms with E-state index in [0.29, 0.717) is 24.4 Å². The standard InChI is InChI=1S/C25H30N6O2/c1-16(2)31-14-19(12-24(31)32)21-13-23(29(3)4)28-22(27-21)15-30(5)25(33)18-8-9-20-17(11-18)7-6-10-26-20/h6-11,13,16,19H,12,14-15H2,1-5H3. The first-order valence-corrected chi connectivity index (χ1v) is 11.2. The molecular weight excluding hydrogens is 416 g/mol. The molecule has 1 atom stereocenters. The van der Waals surface area contributed by atoms with E-state index in [1.165, 1.54) is 0 Å². The maximum absolute atomic E-state index is 13.1. The average molecular weight is 447 g/mol. The first-order valence-electron chi connectivity index (χ1n) is 11.2. The number of pyridine rings is 1. The van der Waals surface area contributed by atoms with E-state index >= 15 is 0 Å². The molecule has 4 rings (SSSR count). The number of nitrogens with zero attached hydrogens (tertiary/aromatic N) is 6. The van der Waals surface area contributed by atoms with Crippen molar-refractivity contribution >= 4 is 28.5 Å². The second kappa shape index (κ2) is 9.13. The summed E-state index contributed by atoms with van der Waals surface area (Å²) >= 11 is 0. The lowest BCUT2D eigenvalue weighted by atomic mass is 10.0. The van der Waals surface area contributed by atoms with Crippen LogP contribution >= 0.6 is 0 Å². The van der Waals surface area contributed by atoms with Crippen molar-refractivity contribution in [2.75, 3.05) is 32.6 Å². The molecule has 0 bridgehead atoms. The molecule has 1 aliphatic rings. The van der Waals surface area contributed by atoms with E-state index in [1.807, 2.05) is 68.1 Å². The molecule has 2 amide bonds. The Morgan fingerprint density at radius 3 is 2.64 bits per heavy atom. The van der Waals surface area contributed by atoms with Crippen molar-refractivity contribution in [1.29, 1.82) is 0 Å². The molecule has 1 unspecified atom stereocenters. The molecule has 0 radical (unpaired) electrons. The number of hydrogen-bond donors (Lipinski definition) is 0. The molecular formula is C25H30N6O2. The van der Waals surface area contributed by atoms with Gasteiger partial charge in [0.05, 0.1) is 17.8 Å². The van der Waals surface area contributed by atoms with Gasteiger partial charge >= 0.3 is 0 Å². The predicted molar refractivity (Wildman–Crippen MR) is 128 cm³/mol. The molecule has 0 spiro atoms. The van der Waals surface area contributed by atoms with Crippen molar-refractivity contribution in [2.24, 2.45) is 0 Å². The third-order valence-corrected chi connectivity index (χ3v) is 6.01. The van der Waals surface area contributed by atoms with E-state index in [0.717, 1.165) is 22.4 Å². The van der Waals surface area contributed by atoms with Crippen molar-refractivity contribution in [2.45, 2.75) is 38.8 Å². The molecule has 3 heterocycles. The Labute approximate surface area is 194 Å². The predicted octanol–water partition coefficient (Wildman–Crippen LogP) is 3.09. The fourth-order valence-electron chi connectivity index (χ4n) is 4.15. The van der Waals surface area contributed by atoms with Crippen molar-refractivity contribution in [3.05, 3.63) is 59.7 Å². The van der Waals surface area contributed by atoms with E-state index in [4.69, 9.17) is 4.98 Å². The third kappa shape index (κ3) is 4.79. The van der Waals surface area contributed by atoms with Gasteiger partial charge in [-0.05, 0) is 38.1 Å². The quantitative estimate of drug-likeness (QED) is 0.579. The summed E-state index contributed by atoms with van der Waals surface area (Å²) in [6, 6.07) is 11.4. The van der Waals surface area contributed by atoms with Crippen molar-refractivity contribution in [3.8, 4) is 0 Å². The number of fused-ring (bicyclic) bond motifs is 1. The van der Waals surface area contributed by atoms with E-state index in [2.05, 4.69) is 9.97 Å². The first-order chi connectivity index (χ1) is 15.7. The van der Waals surface area contributed by atoms with Gasteiger partial charge in [0.25, 0.3) is 5.91 Å². The summed E-state index contributed by atoms with van der Waals surface area (Å²) < 4.78 is 0. The van der Waals surface area contributed by atoms with Crippen LogP contribution in [0.5, 0.6) is 0 Å². The Kier molecular flexibility index (Phi) is 6.26. The van der Waals surface area contributed by atoms with Gasteiger partial charge in [-0.3, -0.25) is 14.6 Å². The lowest BCUT2D eigenvalue weighted by Gasteiger charge is -2.22. The van der Waals surface area contributed by atoms with Crippen molar-refractivity contribution < 1.29 is 9.59 Å². The maximum atomic E-state index is 13.1. The van der Waals surface area contributed by atoms with Gasteiger partial charge in [-0.15, -0.1) is 0 Å². The third-order valence-electron chi connectivity index (χ3n) is 6.01. The summed E-state index contributed by atoms with van der Waals surface area (Å²) in [6.07, 6.45) is 2.18. The molecule has 1 fully saturated rings. The van der Waals surface area contributed by atoms with Gasteiger partial charge in [0, 0.05) is 69.3 Å². The number of likely N-dealkylation sites (tertiary alicyclic amines) is 1. The van der Waals surface area contributed by atoms with Crippen LogP contribution in [0, 0.1) is 0 Å². The largest absolute Gasteiger partial charge is 0.363 e. The minimum atomic E-state index is -0.108. The number of carbonyl (C=O) groups excluding carboxylic acids is 2. The molecule has 0 N–H and O–H groups in total. The van der Waals surface area contributed by atoms with E-state index < -0.39 is 0 Å². The molecule has 33 heavy (non-hydrogen) atoms. The zero-order chi connectivity index (χ0) is 23.7. The van der Waals surface area contributed by atoms with E-state index in [9.17, 15) is 9.59 Å². The van der Waals surface area contributed by atoms with Gasteiger partial charge in [0.15, 0.2) is 0 Å². The number of rotatable bonds is 6. The van der Waals surface area contributed by atoms with Crippen molar-refractivity contribution in [3.63, 3.8) is 0 Å². The average Bonchev–Trinajstić information content (AvgIpc) is 3.20. The van der Waals surface area contributed by atoms with Crippen molar-refractivity contribution in [1.82, 2.24) is 24.8 Å². The van der Waals surface area contributed by atoms with Crippen LogP contribution < -0.4 is 4.90 Å². The van der Waals surface area contributed by atoms with Crippen LogP contribution in [-0.2, 0) is 11.3 Å². The number of anilines is 1. The number of amides is 2. The van der Waals surface area contributed by atoms with Crippen LogP contribution in [0.1, 0.15) is 48.1 Å². The van der Waals surface area contributed by atoms with E-state index in [1.54, 1.807) is 24.2 Å². The first kappa shape index (κ1) is 22.6. The summed E-state index contributed by atoms with van der Waals surface area (Å²) in [4.78, 5) is 44.7. The van der Waals surface area contributed by atoms with Gasteiger partial charge in [-0.2, -0.15) is 0 Å². The number of aromatic nitrogens is 3. The summed E-state index contributed by atoms with van der Waals surface area (Å²) in [5, 5.41) is 0.922. The summed E-state index contributed by atoms with van der Waals surface area (Å²) in [5.74, 6) is 1.39. The van der Waals surface area contributed by atoms with Crippen LogP contribution in [0.25, 0.3) is 10.9 Å². The van der Waals surface area contributed by atoms with Crippen LogP contribution in [0.3, 0.4) is 0 Å². The maximum Gasteiger partial charge on any atom is 0.254 e. The Balaban J connectivity index is 1.57. The molecule has 1 aliphatic heterocycles. The van der Waals surface area contributed by atoms with E-state index in [-0.39, 0.29) is 30.3 Å². The Morgan fingerprint density at radius 1 is 1.15 bits per heavy atom. The minimum absolute atomic E-state index is 0.0225. The summed E-state index contributed by atoms with van der Waals surface area (Å²) in [6.45, 7) is 4.98. The van der Waals surface area contributed by atoms with Crippen LogP contribution in [0.4, 0.5) is 5.82 Å². The molecule has 1 aromatic carbocycles. The molecule has 0 saturated carbocycles. The van der Waals surface area contributed by atoms with Crippen LogP contribution in [-0.4, -0.2) is 70.3 Å². The molecule has 1 saturated heterocycles. The number of benzene rings is 1. The monoisotopic (exact) mass is 446 g/mol. The van der Waals surface area contributed by atoms with Gasteiger partial charge in [0.1, 0.15) is 11.6 Å². The number of hydrogen-bond acceptors (Lipinski definition) is 6. The Hall–Kier alpha value is -3.55. The molecule has 8 nitrogen and oxygen atoms in total. The summed E-state index contributed by atoms with van der Waals surface area (Å²) in [7, 11) is 5.60. The smallest absolute Gasteiger partial charge is 0.254 e. The molecule has 8 heteroatoms. The lowest BCUT2D eigenvalue weighted by Crippen LogP contribution is -2.32. The second-order valence-corrected chi connectivity index (χ2v) is 9.07.